The monoisotopic (exact) mass is 444 g/mol. The van der Waals surface area contributed by atoms with Crippen LogP contribution in [0.15, 0.2) is 36.7 Å². The molecule has 9 heteroatoms. The Bertz CT molecular complexity index is 964. The number of anilines is 1. The molecule has 0 saturated carbocycles. The van der Waals surface area contributed by atoms with Crippen LogP contribution in [-0.2, 0) is 0 Å². The van der Waals surface area contributed by atoms with Crippen molar-refractivity contribution in [2.45, 2.75) is 12.5 Å². The van der Waals surface area contributed by atoms with Crippen molar-refractivity contribution < 1.29 is 9.47 Å². The van der Waals surface area contributed by atoms with Gasteiger partial charge in [-0.15, -0.1) is 24.8 Å². The molecule has 1 saturated heterocycles. The summed E-state index contributed by atoms with van der Waals surface area (Å²) < 4.78 is 12.8. The Morgan fingerprint density at radius 1 is 1.14 bits per heavy atom. The molecule has 1 atom stereocenters. The molecule has 1 aromatic carbocycles. The number of hydrogen-bond acceptors (Lipinski definition) is 5. The predicted molar refractivity (Wildman–Crippen MR) is 118 cm³/mol. The molecule has 1 fully saturated rings. The van der Waals surface area contributed by atoms with Crippen LogP contribution in [0.1, 0.15) is 6.42 Å². The molecule has 152 valence electrons. The van der Waals surface area contributed by atoms with E-state index in [-0.39, 0.29) is 30.9 Å². The van der Waals surface area contributed by atoms with Gasteiger partial charge >= 0.3 is 0 Å². The standard InChI is InChI=1S/C19H21ClN4O2.2ClH/c1-25-17-9-18(26-2)15(20)8-14(17)16-11-24-6-4-13(7-19(24)22-16)23-5-3-12(21)10-23;;/h4,6-9,11-12H,3,5,10,21H2,1-2H3;2*1H. The summed E-state index contributed by atoms with van der Waals surface area (Å²) in [4.78, 5) is 7.06. The van der Waals surface area contributed by atoms with Crippen LogP contribution in [0.4, 0.5) is 5.69 Å². The fraction of sp³-hybridized carbons (Fsp3) is 0.316. The molecular weight excluding hydrogens is 423 g/mol. The first-order valence-electron chi connectivity index (χ1n) is 8.50. The molecule has 6 nitrogen and oxygen atoms in total. The van der Waals surface area contributed by atoms with E-state index in [2.05, 4.69) is 17.0 Å². The zero-order valence-corrected chi connectivity index (χ0v) is 18.0. The van der Waals surface area contributed by atoms with Crippen LogP contribution in [0.5, 0.6) is 11.5 Å². The van der Waals surface area contributed by atoms with Gasteiger partial charge in [0.05, 0.1) is 24.9 Å². The molecule has 1 aliphatic rings. The Balaban J connectivity index is 0.00000140. The van der Waals surface area contributed by atoms with E-state index >= 15 is 0 Å². The molecule has 3 heterocycles. The van der Waals surface area contributed by atoms with Gasteiger partial charge in [0.25, 0.3) is 0 Å². The molecule has 0 amide bonds. The molecule has 0 radical (unpaired) electrons. The molecule has 28 heavy (non-hydrogen) atoms. The molecule has 2 aromatic heterocycles. The second-order valence-corrected chi connectivity index (χ2v) is 6.87. The highest BCUT2D eigenvalue weighted by molar-refractivity contribution is 6.32. The second-order valence-electron chi connectivity index (χ2n) is 6.46. The number of fused-ring (bicyclic) bond motifs is 1. The van der Waals surface area contributed by atoms with Gasteiger partial charge in [-0.25, -0.2) is 4.98 Å². The highest BCUT2D eigenvalue weighted by atomic mass is 35.5. The third kappa shape index (κ3) is 4.10. The summed E-state index contributed by atoms with van der Waals surface area (Å²) >= 11 is 6.30. The number of ether oxygens (including phenoxy) is 2. The number of halogens is 3. The molecule has 0 aliphatic carbocycles. The lowest BCUT2D eigenvalue weighted by Crippen LogP contribution is -2.26. The van der Waals surface area contributed by atoms with E-state index in [1.807, 2.05) is 22.9 Å². The normalized spacial score (nSPS) is 15.9. The van der Waals surface area contributed by atoms with Crippen molar-refractivity contribution in [3.63, 3.8) is 0 Å². The van der Waals surface area contributed by atoms with Crippen molar-refractivity contribution in [3.8, 4) is 22.8 Å². The van der Waals surface area contributed by atoms with Gasteiger partial charge in [0.15, 0.2) is 0 Å². The lowest BCUT2D eigenvalue weighted by Gasteiger charge is -2.17. The van der Waals surface area contributed by atoms with Crippen molar-refractivity contribution in [1.29, 1.82) is 0 Å². The number of benzene rings is 1. The molecule has 4 rings (SSSR count). The molecule has 1 aliphatic heterocycles. The Morgan fingerprint density at radius 2 is 1.89 bits per heavy atom. The number of hydrogen-bond donors (Lipinski definition) is 1. The number of rotatable bonds is 4. The van der Waals surface area contributed by atoms with Gasteiger partial charge in [0, 0.05) is 54.9 Å². The van der Waals surface area contributed by atoms with Gasteiger partial charge in [-0.3, -0.25) is 0 Å². The Labute approximate surface area is 181 Å². The number of imidazole rings is 1. The molecular formula is C19H23Cl3N4O2. The van der Waals surface area contributed by atoms with Crippen molar-refractivity contribution in [2.75, 3.05) is 32.2 Å². The average molecular weight is 446 g/mol. The van der Waals surface area contributed by atoms with E-state index in [1.165, 1.54) is 0 Å². The zero-order valence-electron chi connectivity index (χ0n) is 15.6. The molecule has 3 aromatic rings. The van der Waals surface area contributed by atoms with Gasteiger partial charge in [-0.1, -0.05) is 11.6 Å². The van der Waals surface area contributed by atoms with E-state index in [9.17, 15) is 0 Å². The van der Waals surface area contributed by atoms with Crippen LogP contribution < -0.4 is 20.1 Å². The summed E-state index contributed by atoms with van der Waals surface area (Å²) in [6.45, 7) is 1.86. The number of methoxy groups -OCH3 is 2. The Hall–Kier alpha value is -1.86. The third-order valence-corrected chi connectivity index (χ3v) is 5.08. The van der Waals surface area contributed by atoms with Crippen LogP contribution in [0.3, 0.4) is 0 Å². The first-order chi connectivity index (χ1) is 12.6. The highest BCUT2D eigenvalue weighted by Gasteiger charge is 2.20. The Kier molecular flexibility index (Phi) is 7.28. The van der Waals surface area contributed by atoms with E-state index in [1.54, 1.807) is 20.3 Å². The maximum Gasteiger partial charge on any atom is 0.141 e. The first-order valence-corrected chi connectivity index (χ1v) is 8.88. The number of aromatic nitrogens is 2. The maximum atomic E-state index is 6.30. The fourth-order valence-corrected chi connectivity index (χ4v) is 3.62. The summed E-state index contributed by atoms with van der Waals surface area (Å²) in [5.41, 5.74) is 9.65. The van der Waals surface area contributed by atoms with Gasteiger partial charge in [0.2, 0.25) is 0 Å². The van der Waals surface area contributed by atoms with Crippen LogP contribution >= 0.6 is 36.4 Å². The van der Waals surface area contributed by atoms with E-state index in [4.69, 9.17) is 31.8 Å². The smallest absolute Gasteiger partial charge is 0.141 e. The van der Waals surface area contributed by atoms with Crippen LogP contribution in [0.25, 0.3) is 16.9 Å². The molecule has 1 unspecified atom stereocenters. The van der Waals surface area contributed by atoms with E-state index in [0.717, 1.165) is 42.1 Å². The topological polar surface area (TPSA) is 65.0 Å². The number of pyridine rings is 1. The lowest BCUT2D eigenvalue weighted by atomic mass is 10.1. The first kappa shape index (κ1) is 22.4. The van der Waals surface area contributed by atoms with Gasteiger partial charge in [-0.05, 0) is 18.6 Å². The number of nitrogens with two attached hydrogens (primary N) is 1. The van der Waals surface area contributed by atoms with E-state index in [0.29, 0.717) is 16.5 Å². The number of nitrogens with zero attached hydrogens (tertiary/aromatic N) is 3. The van der Waals surface area contributed by atoms with Gasteiger partial charge in [0.1, 0.15) is 17.1 Å². The van der Waals surface area contributed by atoms with Gasteiger partial charge in [-0.2, -0.15) is 0 Å². The average Bonchev–Trinajstić information content (AvgIpc) is 3.26. The minimum atomic E-state index is 0. The summed E-state index contributed by atoms with van der Waals surface area (Å²) in [5, 5.41) is 0.520. The minimum absolute atomic E-state index is 0. The predicted octanol–water partition coefficient (Wildman–Crippen LogP) is 4.05. The quantitative estimate of drug-likeness (QED) is 0.656. The second kappa shape index (κ2) is 9.09. The maximum absolute atomic E-state index is 6.30. The zero-order chi connectivity index (χ0) is 18.3. The summed E-state index contributed by atoms with van der Waals surface area (Å²) in [6.07, 6.45) is 5.00. The third-order valence-electron chi connectivity index (χ3n) is 4.78. The van der Waals surface area contributed by atoms with Crippen LogP contribution in [-0.4, -0.2) is 42.7 Å². The largest absolute Gasteiger partial charge is 0.496 e. The highest BCUT2D eigenvalue weighted by Crippen LogP contribution is 2.38. The van der Waals surface area contributed by atoms with Crippen molar-refractivity contribution in [2.24, 2.45) is 5.73 Å². The lowest BCUT2D eigenvalue weighted by molar-refractivity contribution is 0.395. The van der Waals surface area contributed by atoms with Crippen molar-refractivity contribution in [1.82, 2.24) is 9.38 Å². The van der Waals surface area contributed by atoms with Crippen molar-refractivity contribution >= 4 is 47.7 Å². The van der Waals surface area contributed by atoms with Crippen LogP contribution in [0, 0.1) is 0 Å². The summed E-state index contributed by atoms with van der Waals surface area (Å²) in [6, 6.07) is 8.01. The van der Waals surface area contributed by atoms with Crippen molar-refractivity contribution in [3.05, 3.63) is 41.7 Å². The SMILES string of the molecule is COc1cc(OC)c(-c2cn3ccc(N4CCC(N)C4)cc3n2)cc1Cl.Cl.Cl. The minimum Gasteiger partial charge on any atom is -0.496 e. The molecule has 0 bridgehead atoms. The van der Waals surface area contributed by atoms with E-state index < -0.39 is 0 Å². The molecule has 2 N–H and O–H groups in total. The summed E-state index contributed by atoms with van der Waals surface area (Å²) in [5.74, 6) is 1.24. The van der Waals surface area contributed by atoms with Gasteiger partial charge < -0.3 is 24.5 Å². The fourth-order valence-electron chi connectivity index (χ4n) is 3.38. The van der Waals surface area contributed by atoms with Crippen LogP contribution in [0.2, 0.25) is 5.02 Å². The summed E-state index contributed by atoms with van der Waals surface area (Å²) in [7, 11) is 3.20. The molecule has 0 spiro atoms. The Morgan fingerprint density at radius 3 is 2.54 bits per heavy atom.